The van der Waals surface area contributed by atoms with Gasteiger partial charge in [0.25, 0.3) is 5.56 Å². The van der Waals surface area contributed by atoms with Crippen LogP contribution in [0, 0.1) is 13.8 Å². The van der Waals surface area contributed by atoms with Crippen molar-refractivity contribution in [2.45, 2.75) is 52.4 Å². The number of amides is 1. The molecule has 34 heavy (non-hydrogen) atoms. The van der Waals surface area contributed by atoms with Crippen LogP contribution in [0.2, 0.25) is 0 Å². The second-order valence-electron chi connectivity index (χ2n) is 10.2. The number of likely N-dealkylation sites (tertiary alicyclic amines) is 1. The Balaban J connectivity index is 1.68. The van der Waals surface area contributed by atoms with Gasteiger partial charge in [0.1, 0.15) is 5.69 Å². The Labute approximate surface area is 201 Å². The van der Waals surface area contributed by atoms with Crippen molar-refractivity contribution in [3.05, 3.63) is 50.8 Å². The Morgan fingerprint density at radius 3 is 2.47 bits per heavy atom. The van der Waals surface area contributed by atoms with E-state index in [1.165, 1.54) is 21.2 Å². The molecule has 0 saturated carbocycles. The van der Waals surface area contributed by atoms with Gasteiger partial charge in [-0.25, -0.2) is 4.68 Å². The number of aryl methyl sites for hydroxylation is 1. The third-order valence-corrected chi connectivity index (χ3v) is 7.38. The average molecular weight is 464 g/mol. The maximum absolute atomic E-state index is 12.4. The van der Waals surface area contributed by atoms with Gasteiger partial charge in [0.15, 0.2) is 0 Å². The Morgan fingerprint density at radius 2 is 1.85 bits per heavy atom. The first-order valence-corrected chi connectivity index (χ1v) is 12.2. The quantitative estimate of drug-likeness (QED) is 0.622. The van der Waals surface area contributed by atoms with Gasteiger partial charge in [-0.15, -0.1) is 0 Å². The maximum atomic E-state index is 12.4. The highest BCUT2D eigenvalue weighted by Gasteiger charge is 2.25. The molecule has 0 spiro atoms. The van der Waals surface area contributed by atoms with Gasteiger partial charge in [0.2, 0.25) is 5.91 Å². The summed E-state index contributed by atoms with van der Waals surface area (Å²) in [5.41, 5.74) is 7.18. The molecular formula is C27H37N5O2. The van der Waals surface area contributed by atoms with Crippen molar-refractivity contribution in [3.8, 4) is 11.4 Å². The SMILES string of the molecule is Cc1c(-c2[nH]c3ccc(C4CCN(CC(=O)N(C)C)CC4)cc3c2C(C)C)nn(C)c(=O)c1C. The van der Waals surface area contributed by atoms with Gasteiger partial charge in [-0.3, -0.25) is 14.5 Å². The summed E-state index contributed by atoms with van der Waals surface area (Å²) >= 11 is 0. The van der Waals surface area contributed by atoms with Crippen LogP contribution in [-0.2, 0) is 11.8 Å². The van der Waals surface area contributed by atoms with E-state index in [2.05, 4.69) is 47.0 Å². The Hall–Kier alpha value is -2.93. The lowest BCUT2D eigenvalue weighted by Crippen LogP contribution is -2.40. The van der Waals surface area contributed by atoms with Crippen molar-refractivity contribution in [1.82, 2.24) is 24.6 Å². The molecule has 3 aromatic rings. The highest BCUT2D eigenvalue weighted by molar-refractivity contribution is 5.92. The molecule has 0 bridgehead atoms. The molecule has 1 saturated heterocycles. The Kier molecular flexibility index (Phi) is 6.67. The molecule has 1 aliphatic rings. The van der Waals surface area contributed by atoms with Crippen molar-refractivity contribution < 1.29 is 4.79 Å². The number of likely N-dealkylation sites (N-methyl/N-ethyl adjacent to an activating group) is 1. The number of piperidine rings is 1. The number of nitrogens with one attached hydrogen (secondary N) is 1. The molecule has 1 N–H and O–H groups in total. The van der Waals surface area contributed by atoms with Gasteiger partial charge in [-0.05, 0) is 80.4 Å². The molecule has 1 amide bonds. The van der Waals surface area contributed by atoms with Crippen LogP contribution in [-0.4, -0.2) is 64.2 Å². The highest BCUT2D eigenvalue weighted by Crippen LogP contribution is 2.38. The zero-order valence-electron chi connectivity index (χ0n) is 21.5. The van der Waals surface area contributed by atoms with E-state index in [-0.39, 0.29) is 11.5 Å². The van der Waals surface area contributed by atoms with Crippen LogP contribution in [0.15, 0.2) is 23.0 Å². The Bertz CT molecular complexity index is 1280. The molecule has 7 heteroatoms. The number of carbonyl (C=O) groups is 1. The minimum Gasteiger partial charge on any atom is -0.353 e. The zero-order valence-corrected chi connectivity index (χ0v) is 21.5. The molecule has 1 fully saturated rings. The van der Waals surface area contributed by atoms with Crippen molar-refractivity contribution >= 4 is 16.8 Å². The molecule has 0 atom stereocenters. The van der Waals surface area contributed by atoms with Gasteiger partial charge < -0.3 is 9.88 Å². The predicted octanol–water partition coefficient (Wildman–Crippen LogP) is 3.94. The van der Waals surface area contributed by atoms with Crippen molar-refractivity contribution in [3.63, 3.8) is 0 Å². The summed E-state index contributed by atoms with van der Waals surface area (Å²) in [6.45, 7) is 10.7. The van der Waals surface area contributed by atoms with E-state index in [4.69, 9.17) is 0 Å². The summed E-state index contributed by atoms with van der Waals surface area (Å²) < 4.78 is 1.44. The van der Waals surface area contributed by atoms with Crippen LogP contribution in [0.3, 0.4) is 0 Å². The molecule has 0 radical (unpaired) electrons. The number of aromatic amines is 1. The van der Waals surface area contributed by atoms with Gasteiger partial charge >= 0.3 is 0 Å². The summed E-state index contributed by atoms with van der Waals surface area (Å²) in [6.07, 6.45) is 2.11. The second kappa shape index (κ2) is 9.37. The number of carbonyl (C=O) groups excluding carboxylic acids is 1. The molecular weight excluding hydrogens is 426 g/mol. The van der Waals surface area contributed by atoms with Crippen LogP contribution in [0.25, 0.3) is 22.3 Å². The Morgan fingerprint density at radius 1 is 1.18 bits per heavy atom. The lowest BCUT2D eigenvalue weighted by atomic mass is 9.87. The number of fused-ring (bicyclic) bond motifs is 1. The van der Waals surface area contributed by atoms with Gasteiger partial charge in [0.05, 0.1) is 12.2 Å². The summed E-state index contributed by atoms with van der Waals surface area (Å²) in [5, 5.41) is 5.87. The van der Waals surface area contributed by atoms with E-state index >= 15 is 0 Å². The van der Waals surface area contributed by atoms with Crippen LogP contribution < -0.4 is 5.56 Å². The first-order valence-electron chi connectivity index (χ1n) is 12.2. The molecule has 2 aromatic heterocycles. The standard InChI is InChI=1S/C27H37N5O2/c1-16(2)24-21-14-20(19-10-12-32(13-11-19)15-23(33)30(5)6)8-9-22(21)28-26(24)25-17(3)18(4)27(34)31(7)29-25/h8-9,14,16,19,28H,10-13,15H2,1-7H3. The van der Waals surface area contributed by atoms with E-state index in [0.717, 1.165) is 54.0 Å². The van der Waals surface area contributed by atoms with Crippen molar-refractivity contribution in [1.29, 1.82) is 0 Å². The molecule has 1 aromatic carbocycles. The lowest BCUT2D eigenvalue weighted by molar-refractivity contribution is -0.130. The number of nitrogens with zero attached hydrogens (tertiary/aromatic N) is 4. The monoisotopic (exact) mass is 463 g/mol. The van der Waals surface area contributed by atoms with Crippen molar-refractivity contribution in [2.75, 3.05) is 33.7 Å². The first-order chi connectivity index (χ1) is 16.1. The molecule has 0 unspecified atom stereocenters. The smallest absolute Gasteiger partial charge is 0.269 e. The van der Waals surface area contributed by atoms with Gasteiger partial charge in [-0.2, -0.15) is 5.10 Å². The fourth-order valence-electron chi connectivity index (χ4n) is 5.12. The predicted molar refractivity (Wildman–Crippen MR) is 137 cm³/mol. The second-order valence-corrected chi connectivity index (χ2v) is 10.2. The molecule has 4 rings (SSSR count). The largest absolute Gasteiger partial charge is 0.353 e. The molecule has 182 valence electrons. The fourth-order valence-corrected chi connectivity index (χ4v) is 5.12. The number of benzene rings is 1. The molecule has 0 aliphatic carbocycles. The number of hydrogen-bond donors (Lipinski definition) is 1. The third kappa shape index (κ3) is 4.41. The van der Waals surface area contributed by atoms with Crippen molar-refractivity contribution in [2.24, 2.45) is 7.05 Å². The molecule has 1 aliphatic heterocycles. The van der Waals surface area contributed by atoms with E-state index in [9.17, 15) is 9.59 Å². The lowest BCUT2D eigenvalue weighted by Gasteiger charge is -2.32. The topological polar surface area (TPSA) is 74.2 Å². The summed E-state index contributed by atoms with van der Waals surface area (Å²) in [5.74, 6) is 0.962. The van der Waals surface area contributed by atoms with Crippen LogP contribution in [0.4, 0.5) is 0 Å². The van der Waals surface area contributed by atoms with Crippen LogP contribution in [0.5, 0.6) is 0 Å². The van der Waals surface area contributed by atoms with E-state index in [0.29, 0.717) is 18.4 Å². The number of rotatable bonds is 5. The minimum absolute atomic E-state index is 0.0515. The average Bonchev–Trinajstić information content (AvgIpc) is 3.19. The normalized spacial score (nSPS) is 15.4. The van der Waals surface area contributed by atoms with Crippen LogP contribution >= 0.6 is 0 Å². The summed E-state index contributed by atoms with van der Waals surface area (Å²) in [4.78, 5) is 32.0. The fraction of sp³-hybridized carbons (Fsp3) is 0.519. The molecule has 3 heterocycles. The van der Waals surface area contributed by atoms with E-state index in [1.807, 2.05) is 27.9 Å². The minimum atomic E-state index is -0.0515. The summed E-state index contributed by atoms with van der Waals surface area (Å²) in [7, 11) is 5.34. The number of H-pyrrole nitrogens is 1. The molecule has 7 nitrogen and oxygen atoms in total. The number of aromatic nitrogens is 3. The van der Waals surface area contributed by atoms with E-state index < -0.39 is 0 Å². The van der Waals surface area contributed by atoms with Gasteiger partial charge in [-0.1, -0.05) is 19.9 Å². The summed E-state index contributed by atoms with van der Waals surface area (Å²) in [6, 6.07) is 6.77. The zero-order chi connectivity index (χ0) is 24.7. The third-order valence-electron chi connectivity index (χ3n) is 7.38. The maximum Gasteiger partial charge on any atom is 0.269 e. The first kappa shape index (κ1) is 24.2. The van der Waals surface area contributed by atoms with Crippen LogP contribution in [0.1, 0.15) is 60.8 Å². The van der Waals surface area contributed by atoms with Gasteiger partial charge in [0, 0.05) is 37.6 Å². The van der Waals surface area contributed by atoms with E-state index in [1.54, 1.807) is 11.9 Å². The number of hydrogen-bond acceptors (Lipinski definition) is 4. The highest BCUT2D eigenvalue weighted by atomic mass is 16.2.